The van der Waals surface area contributed by atoms with Gasteiger partial charge in [-0.2, -0.15) is 0 Å². The summed E-state index contributed by atoms with van der Waals surface area (Å²) in [5.74, 6) is 0.0869. The van der Waals surface area contributed by atoms with Gasteiger partial charge in [0.2, 0.25) is 0 Å². The molecule has 0 saturated carbocycles. The van der Waals surface area contributed by atoms with Crippen molar-refractivity contribution in [1.29, 1.82) is 0 Å². The van der Waals surface area contributed by atoms with Gasteiger partial charge >= 0.3 is 5.63 Å². The van der Waals surface area contributed by atoms with Gasteiger partial charge in [-0.05, 0) is 55.3 Å². The molecule has 1 aliphatic rings. The number of ether oxygens (including phenoxy) is 1. The van der Waals surface area contributed by atoms with Gasteiger partial charge in [-0.3, -0.25) is 10.1 Å². The number of hydrogen-bond acceptors (Lipinski definition) is 6. The minimum Gasteiger partial charge on any atom is -0.497 e. The zero-order chi connectivity index (χ0) is 17.4. The maximum Gasteiger partial charge on any atom is 0.344 e. The molecule has 3 aromatic rings. The number of aromatic nitrogens is 1. The van der Waals surface area contributed by atoms with E-state index in [2.05, 4.69) is 10.3 Å². The highest BCUT2D eigenvalue weighted by molar-refractivity contribution is 7.15. The fourth-order valence-corrected chi connectivity index (χ4v) is 4.02. The lowest BCUT2D eigenvalue weighted by atomic mass is 10.0. The number of carbonyl (C=O) groups excluding carboxylic acids is 1. The largest absolute Gasteiger partial charge is 0.497 e. The highest BCUT2D eigenvalue weighted by Gasteiger charge is 2.18. The first-order valence-corrected chi connectivity index (χ1v) is 8.87. The van der Waals surface area contributed by atoms with Gasteiger partial charge in [-0.1, -0.05) is 0 Å². The van der Waals surface area contributed by atoms with Gasteiger partial charge < -0.3 is 9.15 Å². The molecule has 128 valence electrons. The maximum atomic E-state index is 12.5. The van der Waals surface area contributed by atoms with Crippen LogP contribution < -0.4 is 15.7 Å². The van der Waals surface area contributed by atoms with Gasteiger partial charge in [0, 0.05) is 4.88 Å². The molecule has 0 radical (unpaired) electrons. The number of anilines is 1. The third-order valence-electron chi connectivity index (χ3n) is 4.26. The summed E-state index contributed by atoms with van der Waals surface area (Å²) in [5.41, 5.74) is 0.514. The lowest BCUT2D eigenvalue weighted by Crippen LogP contribution is -2.15. The molecular weight excluding hydrogens is 340 g/mol. The van der Waals surface area contributed by atoms with Gasteiger partial charge in [0.05, 0.1) is 18.2 Å². The number of aryl methyl sites for hydroxylation is 2. The van der Waals surface area contributed by atoms with Crippen molar-refractivity contribution in [1.82, 2.24) is 4.98 Å². The predicted molar refractivity (Wildman–Crippen MR) is 95.7 cm³/mol. The normalized spacial score (nSPS) is 13.5. The van der Waals surface area contributed by atoms with Crippen LogP contribution in [0, 0.1) is 0 Å². The summed E-state index contributed by atoms with van der Waals surface area (Å²) in [5, 5.41) is 4.29. The fourth-order valence-electron chi connectivity index (χ4n) is 2.97. The first-order chi connectivity index (χ1) is 12.1. The van der Waals surface area contributed by atoms with E-state index < -0.39 is 11.5 Å². The van der Waals surface area contributed by atoms with Crippen molar-refractivity contribution in [3.05, 3.63) is 51.0 Å². The van der Waals surface area contributed by atoms with Crippen LogP contribution in [0.3, 0.4) is 0 Å². The third kappa shape index (κ3) is 3.02. The van der Waals surface area contributed by atoms with Crippen LogP contribution in [-0.2, 0) is 12.8 Å². The van der Waals surface area contributed by atoms with Gasteiger partial charge in [0.15, 0.2) is 10.9 Å². The lowest BCUT2D eigenvalue weighted by molar-refractivity contribution is 0.0993. The maximum absolute atomic E-state index is 12.5. The van der Waals surface area contributed by atoms with E-state index in [4.69, 9.17) is 9.15 Å². The monoisotopic (exact) mass is 356 g/mol. The molecule has 6 nitrogen and oxygen atoms in total. The Morgan fingerprint density at radius 3 is 2.92 bits per heavy atom. The van der Waals surface area contributed by atoms with E-state index >= 15 is 0 Å². The van der Waals surface area contributed by atoms with Crippen LogP contribution in [0.4, 0.5) is 5.13 Å². The number of hydrogen-bond donors (Lipinski definition) is 1. The summed E-state index contributed by atoms with van der Waals surface area (Å²) in [4.78, 5) is 30.3. The van der Waals surface area contributed by atoms with Crippen molar-refractivity contribution in [2.75, 3.05) is 12.4 Å². The Labute approximate surface area is 147 Å². The summed E-state index contributed by atoms with van der Waals surface area (Å²) in [6, 6.07) is 6.54. The second kappa shape index (κ2) is 6.33. The average Bonchev–Trinajstić information content (AvgIpc) is 3.03. The van der Waals surface area contributed by atoms with Crippen LogP contribution in [0.15, 0.2) is 33.5 Å². The van der Waals surface area contributed by atoms with E-state index in [0.717, 1.165) is 31.4 Å². The SMILES string of the molecule is COc1ccc2c(=O)oc(C(=O)Nc3nc4c(s3)CCCC4)cc2c1. The smallest absolute Gasteiger partial charge is 0.344 e. The Bertz CT molecular complexity index is 998. The van der Waals surface area contributed by atoms with E-state index in [1.54, 1.807) is 31.4 Å². The van der Waals surface area contributed by atoms with Gasteiger partial charge in [-0.25, -0.2) is 9.78 Å². The van der Waals surface area contributed by atoms with Crippen LogP contribution in [-0.4, -0.2) is 18.0 Å². The fraction of sp³-hybridized carbons (Fsp3) is 0.278. The van der Waals surface area contributed by atoms with E-state index in [0.29, 0.717) is 21.7 Å². The highest BCUT2D eigenvalue weighted by Crippen LogP contribution is 2.30. The molecule has 1 aliphatic carbocycles. The molecule has 2 heterocycles. The molecule has 0 fully saturated rings. The molecule has 1 amide bonds. The first-order valence-electron chi connectivity index (χ1n) is 8.06. The molecule has 0 unspecified atom stereocenters. The molecule has 25 heavy (non-hydrogen) atoms. The lowest BCUT2D eigenvalue weighted by Gasteiger charge is -2.06. The van der Waals surface area contributed by atoms with Crippen molar-refractivity contribution < 1.29 is 13.9 Å². The highest BCUT2D eigenvalue weighted by atomic mass is 32.1. The van der Waals surface area contributed by atoms with Crippen LogP contribution >= 0.6 is 11.3 Å². The molecule has 0 saturated heterocycles. The number of benzene rings is 1. The Kier molecular flexibility index (Phi) is 4.01. The summed E-state index contributed by atoms with van der Waals surface area (Å²) in [6.07, 6.45) is 4.25. The molecule has 2 aromatic heterocycles. The van der Waals surface area contributed by atoms with Crippen molar-refractivity contribution in [2.45, 2.75) is 25.7 Å². The second-order valence-electron chi connectivity index (χ2n) is 5.90. The molecule has 0 bridgehead atoms. The Morgan fingerprint density at radius 1 is 1.28 bits per heavy atom. The van der Waals surface area contributed by atoms with Crippen molar-refractivity contribution in [3.8, 4) is 5.75 Å². The molecule has 0 atom stereocenters. The number of methoxy groups -OCH3 is 1. The topological polar surface area (TPSA) is 81.4 Å². The minimum atomic E-state index is -0.552. The quantitative estimate of drug-likeness (QED) is 0.778. The summed E-state index contributed by atoms with van der Waals surface area (Å²) in [7, 11) is 1.55. The van der Waals surface area contributed by atoms with E-state index in [-0.39, 0.29) is 5.76 Å². The summed E-state index contributed by atoms with van der Waals surface area (Å²) < 4.78 is 10.3. The van der Waals surface area contributed by atoms with Crippen molar-refractivity contribution in [2.24, 2.45) is 0 Å². The molecular formula is C18H16N2O4S. The average molecular weight is 356 g/mol. The Morgan fingerprint density at radius 2 is 2.12 bits per heavy atom. The van der Waals surface area contributed by atoms with Crippen LogP contribution in [0.1, 0.15) is 34.0 Å². The molecule has 4 rings (SSSR count). The molecule has 1 aromatic carbocycles. The van der Waals surface area contributed by atoms with Crippen LogP contribution in [0.25, 0.3) is 10.8 Å². The number of fused-ring (bicyclic) bond motifs is 2. The van der Waals surface area contributed by atoms with E-state index in [9.17, 15) is 9.59 Å². The van der Waals surface area contributed by atoms with Gasteiger partial charge in [-0.15, -0.1) is 11.3 Å². The van der Waals surface area contributed by atoms with E-state index in [1.807, 2.05) is 0 Å². The first kappa shape index (κ1) is 15.8. The zero-order valence-electron chi connectivity index (χ0n) is 13.6. The Balaban J connectivity index is 1.65. The third-order valence-corrected chi connectivity index (χ3v) is 5.33. The number of amides is 1. The molecule has 0 spiro atoms. The van der Waals surface area contributed by atoms with Crippen molar-refractivity contribution in [3.63, 3.8) is 0 Å². The number of nitrogens with zero attached hydrogens (tertiary/aromatic N) is 1. The number of nitrogens with one attached hydrogen (secondary N) is 1. The second-order valence-corrected chi connectivity index (χ2v) is 6.99. The predicted octanol–water partition coefficient (Wildman–Crippen LogP) is 3.39. The van der Waals surface area contributed by atoms with Crippen molar-refractivity contribution >= 4 is 33.1 Å². The zero-order valence-corrected chi connectivity index (χ0v) is 14.4. The summed E-state index contributed by atoms with van der Waals surface area (Å²) in [6.45, 7) is 0. The van der Waals surface area contributed by atoms with E-state index in [1.165, 1.54) is 16.2 Å². The molecule has 7 heteroatoms. The summed E-state index contributed by atoms with van der Waals surface area (Å²) >= 11 is 1.49. The van der Waals surface area contributed by atoms with Crippen LogP contribution in [0.2, 0.25) is 0 Å². The number of carbonyl (C=O) groups is 1. The molecule has 0 aliphatic heterocycles. The Hall–Kier alpha value is -2.67. The molecule has 1 N–H and O–H groups in total. The number of rotatable bonds is 3. The van der Waals surface area contributed by atoms with Crippen LogP contribution in [0.5, 0.6) is 5.75 Å². The minimum absolute atomic E-state index is 0.0427. The van der Waals surface area contributed by atoms with Gasteiger partial charge in [0.1, 0.15) is 5.75 Å². The standard InChI is InChI=1S/C18H16N2O4S/c1-23-11-6-7-12-10(8-11)9-14(24-17(12)22)16(21)20-18-19-13-4-2-3-5-15(13)25-18/h6-9H,2-5H2,1H3,(H,19,20,21). The number of thiazole rings is 1. The van der Waals surface area contributed by atoms with Gasteiger partial charge in [0.25, 0.3) is 5.91 Å².